The van der Waals surface area contributed by atoms with Crippen LogP contribution in [0.15, 0.2) is 18.2 Å². The van der Waals surface area contributed by atoms with Gasteiger partial charge in [-0.25, -0.2) is 9.18 Å². The fourth-order valence-electron chi connectivity index (χ4n) is 1.73. The van der Waals surface area contributed by atoms with Crippen molar-refractivity contribution in [2.24, 2.45) is 0 Å². The first-order valence-corrected chi connectivity index (χ1v) is 6.50. The number of para-hydroxylation sites is 1. The van der Waals surface area contributed by atoms with Crippen LogP contribution in [0.1, 0.15) is 25.3 Å². The minimum Gasteiger partial charge on any atom is -0.478 e. The molecule has 104 valence electrons. The third kappa shape index (κ3) is 4.21. The topological polar surface area (TPSA) is 47.6 Å². The number of hydrogen-bond acceptors (Lipinski definition) is 4. The number of benzene rings is 1. The van der Waals surface area contributed by atoms with Gasteiger partial charge in [0.15, 0.2) is 18.2 Å². The summed E-state index contributed by atoms with van der Waals surface area (Å²) in [5, 5.41) is 3.29. The van der Waals surface area contributed by atoms with Crippen molar-refractivity contribution in [3.63, 3.8) is 0 Å². The van der Waals surface area contributed by atoms with Gasteiger partial charge >= 0.3 is 5.97 Å². The second-order valence-electron chi connectivity index (χ2n) is 4.48. The lowest BCUT2D eigenvalue weighted by atomic mass is 10.2. The maximum atomic E-state index is 13.7. The van der Waals surface area contributed by atoms with E-state index >= 15 is 0 Å². The van der Waals surface area contributed by atoms with E-state index in [0.29, 0.717) is 12.6 Å². The van der Waals surface area contributed by atoms with Crippen molar-refractivity contribution in [3.05, 3.63) is 29.6 Å². The largest absolute Gasteiger partial charge is 0.478 e. The van der Waals surface area contributed by atoms with Gasteiger partial charge in [-0.2, -0.15) is 0 Å². The summed E-state index contributed by atoms with van der Waals surface area (Å²) in [4.78, 5) is 11.2. The zero-order chi connectivity index (χ0) is 13.7. The van der Waals surface area contributed by atoms with Crippen LogP contribution < -0.4 is 10.1 Å². The summed E-state index contributed by atoms with van der Waals surface area (Å²) in [6, 6.07) is 5.28. The average molecular weight is 267 g/mol. The molecule has 0 saturated heterocycles. The summed E-state index contributed by atoms with van der Waals surface area (Å²) in [6.07, 6.45) is 2.32. The molecule has 4 nitrogen and oxygen atoms in total. The molecule has 0 atom stereocenters. The van der Waals surface area contributed by atoms with Gasteiger partial charge in [0.05, 0.1) is 6.61 Å². The molecule has 1 aliphatic carbocycles. The maximum absolute atomic E-state index is 13.7. The molecule has 0 bridgehead atoms. The van der Waals surface area contributed by atoms with Crippen molar-refractivity contribution >= 4 is 5.97 Å². The molecule has 1 fully saturated rings. The molecule has 0 spiro atoms. The van der Waals surface area contributed by atoms with Crippen LogP contribution in [0.25, 0.3) is 0 Å². The first-order chi connectivity index (χ1) is 9.20. The highest BCUT2D eigenvalue weighted by Crippen LogP contribution is 2.25. The summed E-state index contributed by atoms with van der Waals surface area (Å²) in [6.45, 7) is 2.27. The second-order valence-corrected chi connectivity index (χ2v) is 4.48. The van der Waals surface area contributed by atoms with E-state index in [1.807, 2.05) is 0 Å². The van der Waals surface area contributed by atoms with Gasteiger partial charge in [0.25, 0.3) is 0 Å². The quantitative estimate of drug-likeness (QED) is 0.768. The van der Waals surface area contributed by atoms with Crippen LogP contribution in [0.2, 0.25) is 0 Å². The standard InChI is InChI=1S/C14H18FNO3/c1-2-18-13(17)9-19-14-10(4-3-5-12(14)15)8-16-11-6-7-11/h3-5,11,16H,2,6-9H2,1H3. The lowest BCUT2D eigenvalue weighted by molar-refractivity contribution is -0.145. The van der Waals surface area contributed by atoms with E-state index < -0.39 is 11.8 Å². The van der Waals surface area contributed by atoms with Crippen molar-refractivity contribution in [1.29, 1.82) is 0 Å². The van der Waals surface area contributed by atoms with Crippen molar-refractivity contribution in [2.75, 3.05) is 13.2 Å². The Labute approximate surface area is 111 Å². The van der Waals surface area contributed by atoms with Crippen LogP contribution in [-0.2, 0) is 16.1 Å². The van der Waals surface area contributed by atoms with Crippen LogP contribution in [0.4, 0.5) is 4.39 Å². The van der Waals surface area contributed by atoms with Gasteiger partial charge in [0.1, 0.15) is 0 Å². The number of halogens is 1. The lowest BCUT2D eigenvalue weighted by Gasteiger charge is -2.12. The van der Waals surface area contributed by atoms with E-state index in [4.69, 9.17) is 9.47 Å². The molecule has 0 unspecified atom stereocenters. The Balaban J connectivity index is 1.97. The zero-order valence-electron chi connectivity index (χ0n) is 10.9. The van der Waals surface area contributed by atoms with E-state index in [9.17, 15) is 9.18 Å². The number of nitrogens with one attached hydrogen (secondary N) is 1. The average Bonchev–Trinajstić information content (AvgIpc) is 3.19. The van der Waals surface area contributed by atoms with Gasteiger partial charge in [-0.15, -0.1) is 0 Å². The fraction of sp³-hybridized carbons (Fsp3) is 0.500. The van der Waals surface area contributed by atoms with Gasteiger partial charge in [-0.1, -0.05) is 12.1 Å². The molecule has 0 aliphatic heterocycles. The first kappa shape index (κ1) is 13.8. The Bertz CT molecular complexity index is 446. The monoisotopic (exact) mass is 267 g/mol. The molecule has 19 heavy (non-hydrogen) atoms. The Hall–Kier alpha value is -1.62. The third-order valence-electron chi connectivity index (χ3n) is 2.85. The lowest BCUT2D eigenvalue weighted by Crippen LogP contribution is -2.19. The molecule has 0 amide bonds. The number of hydrogen-bond donors (Lipinski definition) is 1. The molecule has 0 heterocycles. The molecule has 1 aliphatic rings. The highest BCUT2D eigenvalue weighted by molar-refractivity contribution is 5.71. The van der Waals surface area contributed by atoms with Crippen molar-refractivity contribution in [1.82, 2.24) is 5.32 Å². The van der Waals surface area contributed by atoms with E-state index in [1.54, 1.807) is 19.1 Å². The minimum atomic E-state index is -0.494. The van der Waals surface area contributed by atoms with Crippen molar-refractivity contribution in [3.8, 4) is 5.75 Å². The molecular weight excluding hydrogens is 249 g/mol. The summed E-state index contributed by atoms with van der Waals surface area (Å²) >= 11 is 0. The van der Waals surface area contributed by atoms with Gasteiger partial charge in [-0.3, -0.25) is 0 Å². The Morgan fingerprint density at radius 3 is 2.95 bits per heavy atom. The van der Waals surface area contributed by atoms with Crippen LogP contribution in [0, 0.1) is 5.82 Å². The second kappa shape index (κ2) is 6.52. The number of esters is 1. The molecule has 1 N–H and O–H groups in total. The maximum Gasteiger partial charge on any atom is 0.344 e. The van der Waals surface area contributed by atoms with Crippen LogP contribution in [0.5, 0.6) is 5.75 Å². The smallest absolute Gasteiger partial charge is 0.344 e. The van der Waals surface area contributed by atoms with Crippen molar-refractivity contribution < 1.29 is 18.7 Å². The number of carbonyl (C=O) groups excluding carboxylic acids is 1. The fourth-order valence-corrected chi connectivity index (χ4v) is 1.73. The van der Waals surface area contributed by atoms with Crippen molar-refractivity contribution in [2.45, 2.75) is 32.4 Å². The summed E-state index contributed by atoms with van der Waals surface area (Å²) in [5.74, 6) is -0.824. The predicted octanol–water partition coefficient (Wildman–Crippen LogP) is 2.02. The molecule has 0 radical (unpaired) electrons. The normalized spacial score (nSPS) is 14.2. The Morgan fingerprint density at radius 1 is 1.47 bits per heavy atom. The highest BCUT2D eigenvalue weighted by Gasteiger charge is 2.21. The van der Waals surface area contributed by atoms with E-state index in [2.05, 4.69) is 5.32 Å². The third-order valence-corrected chi connectivity index (χ3v) is 2.85. The van der Waals surface area contributed by atoms with Gasteiger partial charge < -0.3 is 14.8 Å². The van der Waals surface area contributed by atoms with Crippen LogP contribution in [0.3, 0.4) is 0 Å². The van der Waals surface area contributed by atoms with E-state index in [1.165, 1.54) is 6.07 Å². The van der Waals surface area contributed by atoms with E-state index in [-0.39, 0.29) is 19.0 Å². The number of ether oxygens (including phenoxy) is 2. The number of rotatable bonds is 7. The molecule has 0 aromatic heterocycles. The Morgan fingerprint density at radius 2 is 2.26 bits per heavy atom. The van der Waals surface area contributed by atoms with E-state index in [0.717, 1.165) is 18.4 Å². The van der Waals surface area contributed by atoms with Gasteiger partial charge in [0.2, 0.25) is 0 Å². The van der Waals surface area contributed by atoms with Crippen LogP contribution in [-0.4, -0.2) is 25.2 Å². The summed E-state index contributed by atoms with van der Waals surface area (Å²) in [5.41, 5.74) is 0.719. The molecule has 1 saturated carbocycles. The number of carbonyl (C=O) groups is 1. The minimum absolute atomic E-state index is 0.128. The molecule has 2 rings (SSSR count). The van der Waals surface area contributed by atoms with Gasteiger partial charge in [-0.05, 0) is 25.8 Å². The highest BCUT2D eigenvalue weighted by atomic mass is 19.1. The molecule has 5 heteroatoms. The predicted molar refractivity (Wildman–Crippen MR) is 68.4 cm³/mol. The zero-order valence-corrected chi connectivity index (χ0v) is 10.9. The summed E-state index contributed by atoms with van der Waals surface area (Å²) < 4.78 is 23.7. The summed E-state index contributed by atoms with van der Waals surface area (Å²) in [7, 11) is 0. The first-order valence-electron chi connectivity index (χ1n) is 6.50. The molecular formula is C14H18FNO3. The SMILES string of the molecule is CCOC(=O)COc1c(F)cccc1CNC1CC1. The van der Waals surface area contributed by atoms with Crippen LogP contribution >= 0.6 is 0 Å². The Kier molecular flexibility index (Phi) is 4.74. The van der Waals surface area contributed by atoms with Gasteiger partial charge in [0, 0.05) is 18.2 Å². The molecule has 1 aromatic carbocycles. The molecule has 1 aromatic rings.